The number of benzene rings is 2. The van der Waals surface area contributed by atoms with Crippen molar-refractivity contribution in [2.75, 3.05) is 30.3 Å². The Kier molecular flexibility index (Phi) is 5.92. The Hall–Kier alpha value is -4.11. The van der Waals surface area contributed by atoms with Crippen molar-refractivity contribution in [1.82, 2.24) is 24.8 Å². The Bertz CT molecular complexity index is 1480. The smallest absolute Gasteiger partial charge is 0.253 e. The number of hydrogen-bond donors (Lipinski definition) is 2. The van der Waals surface area contributed by atoms with Crippen molar-refractivity contribution in [3.8, 4) is 11.1 Å². The molecule has 2 aliphatic heterocycles. The Labute approximate surface area is 215 Å². The number of anilines is 2. The zero-order valence-electron chi connectivity index (χ0n) is 20.9. The average Bonchev–Trinajstić information content (AvgIpc) is 2.92. The molecule has 0 atom stereocenters. The van der Waals surface area contributed by atoms with Crippen molar-refractivity contribution >= 4 is 28.6 Å². The van der Waals surface area contributed by atoms with E-state index in [-0.39, 0.29) is 17.9 Å². The van der Waals surface area contributed by atoms with Crippen LogP contribution in [0.2, 0.25) is 0 Å². The van der Waals surface area contributed by atoms with Gasteiger partial charge in [0.15, 0.2) is 0 Å². The molecule has 1 amide bonds. The zero-order chi connectivity index (χ0) is 25.5. The van der Waals surface area contributed by atoms with Gasteiger partial charge in [-0.1, -0.05) is 6.07 Å². The highest BCUT2D eigenvalue weighted by Gasteiger charge is 2.25. The van der Waals surface area contributed by atoms with Gasteiger partial charge in [0, 0.05) is 61.1 Å². The van der Waals surface area contributed by atoms with E-state index in [1.54, 1.807) is 18.7 Å². The first-order valence-electron chi connectivity index (χ1n) is 12.7. The number of likely N-dealkylation sites (tertiary alicyclic amines) is 1. The van der Waals surface area contributed by atoms with Crippen molar-refractivity contribution in [2.24, 2.45) is 5.73 Å². The maximum absolute atomic E-state index is 13.2. The van der Waals surface area contributed by atoms with Gasteiger partial charge in [0.1, 0.15) is 12.1 Å². The minimum absolute atomic E-state index is 0.0882. The SMILES string of the molecule is Cc1cc(-c2cnc(N)nc2)cc2c(N3CCc4ccc(C(=O)N5CCC(N)CC5)cc4C3)ncnc12. The molecule has 4 aromatic rings. The van der Waals surface area contributed by atoms with Crippen LogP contribution in [0.3, 0.4) is 0 Å². The van der Waals surface area contributed by atoms with E-state index >= 15 is 0 Å². The van der Waals surface area contributed by atoms with Gasteiger partial charge in [0.05, 0.1) is 5.52 Å². The standard InChI is InChI=1S/C28H30N8O/c1-17-10-20(22-13-31-28(30)32-14-22)12-24-25(17)33-16-34-26(24)36-7-4-18-2-3-19(11-21(18)15-36)27(37)35-8-5-23(29)6-9-35/h2-3,10-14,16,23H,4-9,15,29H2,1H3,(H2,30,31,32). The molecular formula is C28H30N8O. The van der Waals surface area contributed by atoms with E-state index in [9.17, 15) is 4.79 Å². The number of aryl methyl sites for hydroxylation is 1. The van der Waals surface area contributed by atoms with Crippen molar-refractivity contribution in [3.63, 3.8) is 0 Å². The molecular weight excluding hydrogens is 464 g/mol. The second-order valence-corrected chi connectivity index (χ2v) is 10.0. The molecule has 1 fully saturated rings. The molecule has 6 rings (SSSR count). The highest BCUT2D eigenvalue weighted by atomic mass is 16.2. The number of amides is 1. The van der Waals surface area contributed by atoms with E-state index in [2.05, 4.69) is 51.0 Å². The summed E-state index contributed by atoms with van der Waals surface area (Å²) in [6.45, 7) is 5.01. The fourth-order valence-corrected chi connectivity index (χ4v) is 5.39. The molecule has 0 bridgehead atoms. The number of hydrogen-bond acceptors (Lipinski definition) is 8. The number of fused-ring (bicyclic) bond motifs is 2. The van der Waals surface area contributed by atoms with Crippen LogP contribution >= 0.6 is 0 Å². The number of nitrogens with two attached hydrogens (primary N) is 2. The maximum Gasteiger partial charge on any atom is 0.253 e. The summed E-state index contributed by atoms with van der Waals surface area (Å²) in [5, 5.41) is 0.981. The van der Waals surface area contributed by atoms with Gasteiger partial charge >= 0.3 is 0 Å². The van der Waals surface area contributed by atoms with Gasteiger partial charge in [-0.3, -0.25) is 4.79 Å². The average molecular weight is 495 g/mol. The van der Waals surface area contributed by atoms with E-state index in [0.717, 1.165) is 83.4 Å². The molecule has 0 unspecified atom stereocenters. The van der Waals surface area contributed by atoms with Crippen LogP contribution in [0, 0.1) is 6.92 Å². The van der Waals surface area contributed by atoms with Gasteiger partial charge < -0.3 is 21.3 Å². The van der Waals surface area contributed by atoms with Crippen LogP contribution < -0.4 is 16.4 Å². The predicted molar refractivity (Wildman–Crippen MR) is 144 cm³/mol. The number of carbonyl (C=O) groups excluding carboxylic acids is 1. The molecule has 9 heteroatoms. The lowest BCUT2D eigenvalue weighted by molar-refractivity contribution is 0.0714. The van der Waals surface area contributed by atoms with Gasteiger partial charge in [-0.25, -0.2) is 19.9 Å². The highest BCUT2D eigenvalue weighted by molar-refractivity contribution is 5.96. The maximum atomic E-state index is 13.2. The molecule has 2 aliphatic rings. The lowest BCUT2D eigenvalue weighted by Gasteiger charge is -2.32. The third-order valence-electron chi connectivity index (χ3n) is 7.51. The Morgan fingerprint density at radius 1 is 0.946 bits per heavy atom. The fraction of sp³-hybridized carbons (Fsp3) is 0.321. The van der Waals surface area contributed by atoms with Gasteiger partial charge in [-0.05, 0) is 72.7 Å². The summed E-state index contributed by atoms with van der Waals surface area (Å²) in [6, 6.07) is 10.5. The molecule has 0 radical (unpaired) electrons. The van der Waals surface area contributed by atoms with Crippen molar-refractivity contribution < 1.29 is 4.79 Å². The second-order valence-electron chi connectivity index (χ2n) is 10.0. The summed E-state index contributed by atoms with van der Waals surface area (Å²) in [6.07, 6.45) is 7.70. The largest absolute Gasteiger partial charge is 0.368 e. The van der Waals surface area contributed by atoms with Gasteiger partial charge in [0.25, 0.3) is 5.91 Å². The summed E-state index contributed by atoms with van der Waals surface area (Å²) >= 11 is 0. The van der Waals surface area contributed by atoms with Crippen LogP contribution in [0.1, 0.15) is 39.9 Å². The van der Waals surface area contributed by atoms with Crippen LogP contribution in [0.4, 0.5) is 11.8 Å². The number of aromatic nitrogens is 4. The van der Waals surface area contributed by atoms with E-state index in [0.29, 0.717) is 6.54 Å². The number of rotatable bonds is 3. The van der Waals surface area contributed by atoms with E-state index in [4.69, 9.17) is 16.5 Å². The van der Waals surface area contributed by atoms with Crippen molar-refractivity contribution in [2.45, 2.75) is 38.8 Å². The molecule has 9 nitrogen and oxygen atoms in total. The van der Waals surface area contributed by atoms with Crippen LogP contribution in [-0.2, 0) is 13.0 Å². The van der Waals surface area contributed by atoms with Crippen LogP contribution in [0.15, 0.2) is 49.1 Å². The first-order valence-corrected chi connectivity index (χ1v) is 12.7. The minimum Gasteiger partial charge on any atom is -0.368 e. The molecule has 0 saturated carbocycles. The second kappa shape index (κ2) is 9.40. The Balaban J connectivity index is 1.32. The number of carbonyl (C=O) groups is 1. The summed E-state index contributed by atoms with van der Waals surface area (Å²) in [5.41, 5.74) is 18.8. The molecule has 2 aromatic carbocycles. The highest BCUT2D eigenvalue weighted by Crippen LogP contribution is 2.33. The predicted octanol–water partition coefficient (Wildman–Crippen LogP) is 3.10. The monoisotopic (exact) mass is 494 g/mol. The Morgan fingerprint density at radius 2 is 1.73 bits per heavy atom. The first-order chi connectivity index (χ1) is 18.0. The first kappa shape index (κ1) is 23.3. The summed E-state index contributed by atoms with van der Waals surface area (Å²) < 4.78 is 0. The quantitative estimate of drug-likeness (QED) is 0.445. The van der Waals surface area contributed by atoms with E-state index in [1.807, 2.05) is 11.0 Å². The molecule has 4 heterocycles. The molecule has 37 heavy (non-hydrogen) atoms. The number of nitrogen functional groups attached to an aromatic ring is 1. The third-order valence-corrected chi connectivity index (χ3v) is 7.51. The fourth-order valence-electron chi connectivity index (χ4n) is 5.39. The van der Waals surface area contributed by atoms with Gasteiger partial charge in [-0.15, -0.1) is 0 Å². The van der Waals surface area contributed by atoms with E-state index < -0.39 is 0 Å². The lowest BCUT2D eigenvalue weighted by atomic mass is 9.96. The third kappa shape index (κ3) is 4.46. The topological polar surface area (TPSA) is 127 Å². The van der Waals surface area contributed by atoms with Crippen LogP contribution in [-0.4, -0.2) is 56.4 Å². The Morgan fingerprint density at radius 3 is 2.51 bits per heavy atom. The molecule has 1 saturated heterocycles. The molecule has 2 aromatic heterocycles. The lowest BCUT2D eigenvalue weighted by Crippen LogP contribution is -2.43. The summed E-state index contributed by atoms with van der Waals surface area (Å²) in [5.74, 6) is 1.22. The number of nitrogens with zero attached hydrogens (tertiary/aromatic N) is 6. The van der Waals surface area contributed by atoms with Crippen molar-refractivity contribution in [1.29, 1.82) is 0 Å². The zero-order valence-corrected chi connectivity index (χ0v) is 20.9. The summed E-state index contributed by atoms with van der Waals surface area (Å²) in [4.78, 5) is 35.0. The van der Waals surface area contributed by atoms with Gasteiger partial charge in [0.2, 0.25) is 5.95 Å². The van der Waals surface area contributed by atoms with E-state index in [1.165, 1.54) is 5.56 Å². The van der Waals surface area contributed by atoms with Crippen molar-refractivity contribution in [3.05, 3.63) is 71.3 Å². The molecule has 188 valence electrons. The summed E-state index contributed by atoms with van der Waals surface area (Å²) in [7, 11) is 0. The molecule has 0 spiro atoms. The minimum atomic E-state index is 0.0882. The number of piperidine rings is 1. The van der Waals surface area contributed by atoms with Crippen LogP contribution in [0.25, 0.3) is 22.0 Å². The molecule has 4 N–H and O–H groups in total. The van der Waals surface area contributed by atoms with Crippen LogP contribution in [0.5, 0.6) is 0 Å². The molecule has 0 aliphatic carbocycles. The normalized spacial score (nSPS) is 16.2. The van der Waals surface area contributed by atoms with Gasteiger partial charge in [-0.2, -0.15) is 0 Å².